The number of guanidine groups is 1. The topological polar surface area (TPSA) is 67.1 Å². The lowest BCUT2D eigenvalue weighted by Gasteiger charge is -2.13. The van der Waals surface area contributed by atoms with Gasteiger partial charge in [-0.25, -0.2) is 4.98 Å². The molecule has 2 heterocycles. The van der Waals surface area contributed by atoms with Gasteiger partial charge in [-0.3, -0.25) is 9.98 Å². The number of hydrogen-bond acceptors (Lipinski definition) is 3. The van der Waals surface area contributed by atoms with Gasteiger partial charge in [0.05, 0.1) is 16.6 Å². The average Bonchev–Trinajstić information content (AvgIpc) is 3.08. The predicted molar refractivity (Wildman–Crippen MR) is 134 cm³/mol. The minimum atomic E-state index is 0. The monoisotopic (exact) mass is 514 g/mol. The molecule has 4 rings (SSSR count). The third-order valence-electron chi connectivity index (χ3n) is 5.11. The quantitative estimate of drug-likeness (QED) is 0.175. The van der Waals surface area contributed by atoms with Crippen LogP contribution in [0.25, 0.3) is 21.9 Å². The summed E-state index contributed by atoms with van der Waals surface area (Å²) in [6.07, 6.45) is 2.84. The Labute approximate surface area is 193 Å². The summed E-state index contributed by atoms with van der Waals surface area (Å²) in [6.45, 7) is 4.52. The van der Waals surface area contributed by atoms with Crippen molar-refractivity contribution in [2.75, 3.05) is 13.6 Å². The van der Waals surface area contributed by atoms with Crippen LogP contribution in [0.5, 0.6) is 0 Å². The van der Waals surface area contributed by atoms with Crippen molar-refractivity contribution >= 4 is 51.9 Å². The number of benzene rings is 2. The Kier molecular flexibility index (Phi) is 7.62. The molecule has 2 aromatic heterocycles. The first-order chi connectivity index (χ1) is 14.3. The molecule has 0 aliphatic rings. The number of nitrogens with zero attached hydrogens (tertiary/aromatic N) is 4. The van der Waals surface area contributed by atoms with Crippen molar-refractivity contribution in [2.45, 2.75) is 26.4 Å². The summed E-state index contributed by atoms with van der Waals surface area (Å²) in [7, 11) is 1.80. The van der Waals surface area contributed by atoms with E-state index < -0.39 is 0 Å². The highest BCUT2D eigenvalue weighted by atomic mass is 127. The fourth-order valence-corrected chi connectivity index (χ4v) is 3.63. The molecule has 0 aliphatic heterocycles. The van der Waals surface area contributed by atoms with Gasteiger partial charge < -0.3 is 15.2 Å². The van der Waals surface area contributed by atoms with Crippen LogP contribution in [0.2, 0.25) is 0 Å². The van der Waals surface area contributed by atoms with Crippen molar-refractivity contribution in [3.8, 4) is 0 Å². The van der Waals surface area contributed by atoms with E-state index in [1.807, 2.05) is 30.5 Å². The Balaban J connectivity index is 0.00000256. The van der Waals surface area contributed by atoms with E-state index in [-0.39, 0.29) is 24.0 Å². The Morgan fingerprint density at radius 3 is 2.60 bits per heavy atom. The van der Waals surface area contributed by atoms with Crippen LogP contribution >= 0.6 is 24.0 Å². The number of pyridine rings is 1. The average molecular weight is 514 g/mol. The van der Waals surface area contributed by atoms with Crippen LogP contribution in [0.3, 0.4) is 0 Å². The Morgan fingerprint density at radius 2 is 1.77 bits per heavy atom. The largest absolute Gasteiger partial charge is 0.356 e. The highest BCUT2D eigenvalue weighted by Gasteiger charge is 2.07. The summed E-state index contributed by atoms with van der Waals surface area (Å²) in [5.41, 5.74) is 4.47. The van der Waals surface area contributed by atoms with E-state index in [0.717, 1.165) is 42.3 Å². The second-order valence-electron chi connectivity index (χ2n) is 6.99. The van der Waals surface area contributed by atoms with Gasteiger partial charge in [0.2, 0.25) is 0 Å². The molecule has 30 heavy (non-hydrogen) atoms. The van der Waals surface area contributed by atoms with Gasteiger partial charge in [0.1, 0.15) is 5.82 Å². The molecule has 0 bridgehead atoms. The van der Waals surface area contributed by atoms with E-state index >= 15 is 0 Å². The standard InChI is InChI=1S/C23H26N6.HI/c1-17-28-21-10-5-6-11-22(21)29(17)15-7-13-26-23(24-2)27-16-18-12-14-25-20-9-4-3-8-19(18)20;/h3-6,8-12,14H,7,13,15-16H2,1-2H3,(H2,24,26,27);1H. The molecule has 2 aromatic carbocycles. The van der Waals surface area contributed by atoms with Gasteiger partial charge in [-0.2, -0.15) is 0 Å². The molecule has 0 saturated heterocycles. The maximum atomic E-state index is 4.63. The molecule has 0 amide bonds. The summed E-state index contributed by atoms with van der Waals surface area (Å²) in [5.74, 6) is 1.86. The number of aliphatic imine (C=N–C) groups is 1. The molecule has 7 heteroatoms. The van der Waals surface area contributed by atoms with Crippen molar-refractivity contribution in [2.24, 2.45) is 4.99 Å². The van der Waals surface area contributed by atoms with Crippen molar-refractivity contribution < 1.29 is 0 Å². The minimum absolute atomic E-state index is 0. The van der Waals surface area contributed by atoms with Crippen molar-refractivity contribution in [3.63, 3.8) is 0 Å². The smallest absolute Gasteiger partial charge is 0.191 e. The predicted octanol–water partition coefficient (Wildman–Crippen LogP) is 4.27. The first kappa shape index (κ1) is 22.0. The van der Waals surface area contributed by atoms with E-state index in [2.05, 4.69) is 67.4 Å². The number of aryl methyl sites for hydroxylation is 2. The zero-order valence-electron chi connectivity index (χ0n) is 17.3. The van der Waals surface area contributed by atoms with Crippen LogP contribution < -0.4 is 10.6 Å². The number of rotatable bonds is 6. The lowest BCUT2D eigenvalue weighted by atomic mass is 10.1. The Bertz CT molecular complexity index is 1150. The van der Waals surface area contributed by atoms with Crippen LogP contribution in [0.4, 0.5) is 0 Å². The van der Waals surface area contributed by atoms with E-state index in [1.165, 1.54) is 16.5 Å². The highest BCUT2D eigenvalue weighted by Crippen LogP contribution is 2.16. The van der Waals surface area contributed by atoms with E-state index in [0.29, 0.717) is 6.54 Å². The molecule has 6 nitrogen and oxygen atoms in total. The van der Waals surface area contributed by atoms with Gasteiger partial charge in [0.25, 0.3) is 0 Å². The number of aromatic nitrogens is 3. The third kappa shape index (κ3) is 4.89. The van der Waals surface area contributed by atoms with Crippen LogP contribution in [-0.2, 0) is 13.1 Å². The van der Waals surface area contributed by atoms with E-state index in [9.17, 15) is 0 Å². The van der Waals surface area contributed by atoms with E-state index in [1.54, 1.807) is 7.05 Å². The lowest BCUT2D eigenvalue weighted by Crippen LogP contribution is -2.37. The molecule has 0 spiro atoms. The third-order valence-corrected chi connectivity index (χ3v) is 5.11. The second-order valence-corrected chi connectivity index (χ2v) is 6.99. The number of nitrogens with one attached hydrogen (secondary N) is 2. The number of para-hydroxylation sites is 3. The minimum Gasteiger partial charge on any atom is -0.356 e. The number of hydrogen-bond donors (Lipinski definition) is 2. The molecule has 0 unspecified atom stereocenters. The van der Waals surface area contributed by atoms with Crippen molar-refractivity contribution in [1.29, 1.82) is 0 Å². The van der Waals surface area contributed by atoms with Gasteiger partial charge in [-0.05, 0) is 43.2 Å². The zero-order valence-corrected chi connectivity index (χ0v) is 19.6. The van der Waals surface area contributed by atoms with Gasteiger partial charge in [-0.1, -0.05) is 30.3 Å². The molecule has 2 N–H and O–H groups in total. The summed E-state index contributed by atoms with van der Waals surface area (Å²) in [5, 5.41) is 7.98. The summed E-state index contributed by atoms with van der Waals surface area (Å²) >= 11 is 0. The lowest BCUT2D eigenvalue weighted by molar-refractivity contribution is 0.624. The zero-order chi connectivity index (χ0) is 20.1. The Morgan fingerprint density at radius 1 is 1.00 bits per heavy atom. The first-order valence-electron chi connectivity index (χ1n) is 9.95. The molecular weight excluding hydrogens is 487 g/mol. The highest BCUT2D eigenvalue weighted by molar-refractivity contribution is 14.0. The molecule has 0 radical (unpaired) electrons. The van der Waals surface area contributed by atoms with Crippen LogP contribution in [-0.4, -0.2) is 34.1 Å². The molecule has 0 atom stereocenters. The van der Waals surface area contributed by atoms with Crippen LogP contribution in [0.15, 0.2) is 65.8 Å². The van der Waals surface area contributed by atoms with Crippen molar-refractivity contribution in [3.05, 3.63) is 72.2 Å². The normalized spacial score (nSPS) is 11.5. The Hall–Kier alpha value is -2.68. The fourth-order valence-electron chi connectivity index (χ4n) is 3.63. The van der Waals surface area contributed by atoms with Gasteiger partial charge >= 0.3 is 0 Å². The van der Waals surface area contributed by atoms with Crippen LogP contribution in [0, 0.1) is 6.92 Å². The second kappa shape index (κ2) is 10.4. The SMILES string of the molecule is CN=C(NCCCn1c(C)nc2ccccc21)NCc1ccnc2ccccc12.I. The molecular formula is C23H27IN6. The molecule has 156 valence electrons. The van der Waals surface area contributed by atoms with Crippen molar-refractivity contribution in [1.82, 2.24) is 25.2 Å². The van der Waals surface area contributed by atoms with Gasteiger partial charge in [-0.15, -0.1) is 24.0 Å². The summed E-state index contributed by atoms with van der Waals surface area (Å²) < 4.78 is 2.27. The summed E-state index contributed by atoms with van der Waals surface area (Å²) in [4.78, 5) is 13.4. The maximum absolute atomic E-state index is 4.63. The van der Waals surface area contributed by atoms with Crippen LogP contribution in [0.1, 0.15) is 17.8 Å². The van der Waals surface area contributed by atoms with Gasteiger partial charge in [0.15, 0.2) is 5.96 Å². The number of fused-ring (bicyclic) bond motifs is 2. The molecule has 0 aliphatic carbocycles. The van der Waals surface area contributed by atoms with E-state index in [4.69, 9.17) is 0 Å². The number of halogens is 1. The summed E-state index contributed by atoms with van der Waals surface area (Å²) in [6, 6.07) is 18.5. The molecule has 0 saturated carbocycles. The maximum Gasteiger partial charge on any atom is 0.191 e. The van der Waals surface area contributed by atoms with Gasteiger partial charge in [0, 0.05) is 38.3 Å². The number of imidazole rings is 1. The fraction of sp³-hybridized carbons (Fsp3) is 0.261. The molecule has 0 fully saturated rings. The molecule has 4 aromatic rings. The first-order valence-corrected chi connectivity index (χ1v) is 9.95.